The fourth-order valence-electron chi connectivity index (χ4n) is 2.37. The maximum atomic E-state index is 13.4. The molecule has 2 aromatic rings. The first-order chi connectivity index (χ1) is 12.4. The minimum Gasteiger partial charge on any atom is -0.481 e. The number of hydrogen-bond donors (Lipinski definition) is 1. The van der Waals surface area contributed by atoms with Crippen LogP contribution in [0.1, 0.15) is 18.9 Å². The molecule has 2 rings (SSSR count). The average Bonchev–Trinajstić information content (AvgIpc) is 2.61. The van der Waals surface area contributed by atoms with Crippen LogP contribution >= 0.6 is 0 Å². The van der Waals surface area contributed by atoms with Gasteiger partial charge in [0.25, 0.3) is 5.91 Å². The molecule has 138 valence electrons. The van der Waals surface area contributed by atoms with Crippen LogP contribution in [0, 0.1) is 11.6 Å². The van der Waals surface area contributed by atoms with Crippen molar-refractivity contribution >= 4 is 11.9 Å². The van der Waals surface area contributed by atoms with Crippen LogP contribution in [0.5, 0.6) is 5.75 Å². The van der Waals surface area contributed by atoms with Crippen LogP contribution in [0.15, 0.2) is 48.5 Å². The van der Waals surface area contributed by atoms with Crippen molar-refractivity contribution in [2.24, 2.45) is 0 Å². The Morgan fingerprint density at radius 3 is 2.42 bits per heavy atom. The van der Waals surface area contributed by atoms with E-state index in [0.29, 0.717) is 11.3 Å². The first-order valence-corrected chi connectivity index (χ1v) is 8.03. The Labute approximate surface area is 149 Å². The van der Waals surface area contributed by atoms with Crippen molar-refractivity contribution in [1.29, 1.82) is 0 Å². The van der Waals surface area contributed by atoms with E-state index in [1.165, 1.54) is 11.0 Å². The molecule has 0 fully saturated rings. The molecule has 0 saturated heterocycles. The molecule has 0 aliphatic heterocycles. The molecule has 0 aromatic heterocycles. The number of benzene rings is 2. The molecular formula is C19H19F2NO4. The second-order valence-corrected chi connectivity index (χ2v) is 5.73. The number of carbonyl (C=O) groups is 2. The van der Waals surface area contributed by atoms with Crippen LogP contribution in [-0.4, -0.2) is 34.5 Å². The smallest absolute Gasteiger partial charge is 0.305 e. The van der Waals surface area contributed by atoms with Gasteiger partial charge in [0.05, 0.1) is 6.42 Å². The quantitative estimate of drug-likeness (QED) is 0.782. The average molecular weight is 363 g/mol. The zero-order chi connectivity index (χ0) is 19.1. The number of aliphatic carboxylic acids is 1. The molecule has 7 heteroatoms. The number of ether oxygens (including phenoxy) is 1. The monoisotopic (exact) mass is 363 g/mol. The van der Waals surface area contributed by atoms with E-state index in [1.807, 2.05) is 6.07 Å². The van der Waals surface area contributed by atoms with Gasteiger partial charge in [-0.2, -0.15) is 0 Å². The van der Waals surface area contributed by atoms with Crippen molar-refractivity contribution in [1.82, 2.24) is 4.90 Å². The summed E-state index contributed by atoms with van der Waals surface area (Å²) in [5.41, 5.74) is 0.356. The second kappa shape index (κ2) is 8.94. The maximum Gasteiger partial charge on any atom is 0.305 e. The Balaban J connectivity index is 2.12. The molecule has 0 saturated carbocycles. The number of nitrogens with zero attached hydrogens (tertiary/aromatic N) is 1. The van der Waals surface area contributed by atoms with Crippen LogP contribution in [0.4, 0.5) is 8.78 Å². The Kier molecular flexibility index (Phi) is 6.66. The van der Waals surface area contributed by atoms with Crippen LogP contribution in [0.2, 0.25) is 0 Å². The standard InChI is InChI=1S/C19H19F2NO4/c1-13(26-15-5-3-2-4-6-15)19(25)22(10-9-18(23)24)12-14-7-8-16(20)17(21)11-14/h2-8,11,13H,9-10,12H2,1H3,(H,23,24). The van der Waals surface area contributed by atoms with Gasteiger partial charge in [0.1, 0.15) is 5.75 Å². The first-order valence-electron chi connectivity index (χ1n) is 8.03. The summed E-state index contributed by atoms with van der Waals surface area (Å²) in [7, 11) is 0. The summed E-state index contributed by atoms with van der Waals surface area (Å²) in [6, 6.07) is 12.0. The highest BCUT2D eigenvalue weighted by Gasteiger charge is 2.23. The fraction of sp³-hybridized carbons (Fsp3) is 0.263. The van der Waals surface area contributed by atoms with E-state index < -0.39 is 29.6 Å². The van der Waals surface area contributed by atoms with Crippen molar-refractivity contribution in [2.75, 3.05) is 6.54 Å². The van der Waals surface area contributed by atoms with Crippen LogP contribution < -0.4 is 4.74 Å². The van der Waals surface area contributed by atoms with E-state index in [2.05, 4.69) is 0 Å². The summed E-state index contributed by atoms with van der Waals surface area (Å²) < 4.78 is 32.0. The van der Waals surface area contributed by atoms with Crippen LogP contribution in [0.3, 0.4) is 0 Å². The molecule has 1 amide bonds. The number of hydrogen-bond acceptors (Lipinski definition) is 3. The molecule has 0 heterocycles. The molecule has 1 unspecified atom stereocenters. The normalized spacial score (nSPS) is 11.7. The third-order valence-electron chi connectivity index (χ3n) is 3.67. The van der Waals surface area contributed by atoms with Crippen molar-refractivity contribution in [3.8, 4) is 5.75 Å². The first kappa shape index (κ1) is 19.4. The zero-order valence-corrected chi connectivity index (χ0v) is 14.2. The Morgan fingerprint density at radius 2 is 1.81 bits per heavy atom. The molecular weight excluding hydrogens is 344 g/mol. The van der Waals surface area contributed by atoms with Gasteiger partial charge >= 0.3 is 5.97 Å². The zero-order valence-electron chi connectivity index (χ0n) is 14.2. The number of amides is 1. The van der Waals surface area contributed by atoms with Crippen LogP contribution in [0.25, 0.3) is 0 Å². The number of halogens is 2. The number of para-hydroxylation sites is 1. The topological polar surface area (TPSA) is 66.8 Å². The number of carboxylic acid groups (broad SMARTS) is 1. The van der Waals surface area contributed by atoms with Gasteiger partial charge < -0.3 is 14.7 Å². The minimum atomic E-state index is -1.07. The lowest BCUT2D eigenvalue weighted by Gasteiger charge is -2.26. The summed E-state index contributed by atoms with van der Waals surface area (Å²) in [5.74, 6) is -3.02. The molecule has 0 bridgehead atoms. The van der Waals surface area contributed by atoms with Gasteiger partial charge in [-0.15, -0.1) is 0 Å². The molecule has 1 atom stereocenters. The fourth-order valence-corrected chi connectivity index (χ4v) is 2.37. The maximum absolute atomic E-state index is 13.4. The van der Waals surface area contributed by atoms with Crippen molar-refractivity contribution < 1.29 is 28.2 Å². The van der Waals surface area contributed by atoms with E-state index in [1.54, 1.807) is 31.2 Å². The summed E-state index contributed by atoms with van der Waals surface area (Å²) in [6.45, 7) is 1.43. The summed E-state index contributed by atoms with van der Waals surface area (Å²) in [4.78, 5) is 24.8. The van der Waals surface area contributed by atoms with Gasteiger partial charge in [0, 0.05) is 13.1 Å². The number of rotatable bonds is 8. The predicted molar refractivity (Wildman–Crippen MR) is 90.6 cm³/mol. The van der Waals surface area contributed by atoms with Crippen molar-refractivity contribution in [3.05, 3.63) is 65.7 Å². The second-order valence-electron chi connectivity index (χ2n) is 5.73. The van der Waals surface area contributed by atoms with Gasteiger partial charge in [-0.1, -0.05) is 24.3 Å². The molecule has 5 nitrogen and oxygen atoms in total. The summed E-state index contributed by atoms with van der Waals surface area (Å²) >= 11 is 0. The molecule has 0 aliphatic rings. The van der Waals surface area contributed by atoms with E-state index in [0.717, 1.165) is 12.1 Å². The number of carbonyl (C=O) groups excluding carboxylic acids is 1. The molecule has 1 N–H and O–H groups in total. The molecule has 0 radical (unpaired) electrons. The van der Waals surface area contributed by atoms with Gasteiger partial charge in [0.15, 0.2) is 17.7 Å². The lowest BCUT2D eigenvalue weighted by atomic mass is 10.2. The van der Waals surface area contributed by atoms with E-state index in [-0.39, 0.29) is 19.5 Å². The third kappa shape index (κ3) is 5.54. The SMILES string of the molecule is CC(Oc1ccccc1)C(=O)N(CCC(=O)O)Cc1ccc(F)c(F)c1. The van der Waals surface area contributed by atoms with E-state index in [9.17, 15) is 18.4 Å². The van der Waals surface area contributed by atoms with Gasteiger partial charge in [-0.3, -0.25) is 9.59 Å². The lowest BCUT2D eigenvalue weighted by molar-refractivity contribution is -0.141. The van der Waals surface area contributed by atoms with E-state index >= 15 is 0 Å². The van der Waals surface area contributed by atoms with E-state index in [4.69, 9.17) is 9.84 Å². The van der Waals surface area contributed by atoms with Gasteiger partial charge in [-0.25, -0.2) is 8.78 Å². The molecule has 2 aromatic carbocycles. The third-order valence-corrected chi connectivity index (χ3v) is 3.67. The highest BCUT2D eigenvalue weighted by molar-refractivity contribution is 5.81. The summed E-state index contributed by atoms with van der Waals surface area (Å²) in [6.07, 6.45) is -1.13. The van der Waals surface area contributed by atoms with Gasteiger partial charge in [-0.05, 0) is 36.8 Å². The van der Waals surface area contributed by atoms with Gasteiger partial charge in [0.2, 0.25) is 0 Å². The molecule has 26 heavy (non-hydrogen) atoms. The largest absolute Gasteiger partial charge is 0.481 e. The predicted octanol–water partition coefficient (Wildman–Crippen LogP) is 3.24. The minimum absolute atomic E-state index is 0.0498. The Bertz CT molecular complexity index is 767. The van der Waals surface area contributed by atoms with Crippen LogP contribution in [-0.2, 0) is 16.1 Å². The lowest BCUT2D eigenvalue weighted by Crippen LogP contribution is -2.41. The Hall–Kier alpha value is -2.96. The summed E-state index contributed by atoms with van der Waals surface area (Å²) in [5, 5.41) is 8.89. The van der Waals surface area contributed by atoms with Crippen molar-refractivity contribution in [2.45, 2.75) is 26.0 Å². The van der Waals surface area contributed by atoms with Crippen molar-refractivity contribution in [3.63, 3.8) is 0 Å². The highest BCUT2D eigenvalue weighted by Crippen LogP contribution is 2.15. The Morgan fingerprint density at radius 1 is 1.12 bits per heavy atom. The molecule has 0 aliphatic carbocycles. The molecule has 0 spiro atoms. The highest BCUT2D eigenvalue weighted by atomic mass is 19.2. The number of carboxylic acids is 1.